The number of rotatable bonds is 5. The Bertz CT molecular complexity index is 1130. The summed E-state index contributed by atoms with van der Waals surface area (Å²) in [5.41, 5.74) is 7.54. The van der Waals surface area contributed by atoms with Crippen molar-refractivity contribution in [2.24, 2.45) is 0 Å². The average molecular weight is 421 g/mol. The highest BCUT2D eigenvalue weighted by molar-refractivity contribution is 6.31. The second-order valence-corrected chi connectivity index (χ2v) is 8.06. The van der Waals surface area contributed by atoms with Gasteiger partial charge in [-0.05, 0) is 55.0 Å². The van der Waals surface area contributed by atoms with Crippen molar-refractivity contribution in [3.8, 4) is 0 Å². The number of benzene rings is 3. The molecular weight excluding hydrogens is 400 g/mol. The fourth-order valence-electron chi connectivity index (χ4n) is 3.73. The van der Waals surface area contributed by atoms with E-state index in [1.54, 1.807) is 42.5 Å². The van der Waals surface area contributed by atoms with Gasteiger partial charge in [-0.1, -0.05) is 41.4 Å². The number of nitrogen functional groups attached to an aromatic ring is 1. The number of carbonyl (C=O) groups is 2. The summed E-state index contributed by atoms with van der Waals surface area (Å²) in [6, 6.07) is 19.1. The second-order valence-electron chi connectivity index (χ2n) is 7.62. The van der Waals surface area contributed by atoms with Crippen LogP contribution in [0.4, 0.5) is 11.4 Å². The van der Waals surface area contributed by atoms with E-state index in [2.05, 4.69) is 0 Å². The van der Waals surface area contributed by atoms with E-state index in [-0.39, 0.29) is 18.7 Å². The normalized spacial score (nSPS) is 17.8. The summed E-state index contributed by atoms with van der Waals surface area (Å²) in [5, 5.41) is 11.8. The molecule has 0 saturated heterocycles. The smallest absolute Gasteiger partial charge is 0.264 e. The molecule has 0 saturated carbocycles. The highest BCUT2D eigenvalue weighted by Gasteiger charge is 2.51. The molecule has 1 aliphatic heterocycles. The molecule has 1 amide bonds. The van der Waals surface area contributed by atoms with Crippen LogP contribution in [0.5, 0.6) is 0 Å². The molecule has 0 bridgehead atoms. The number of fused-ring (bicyclic) bond motifs is 1. The van der Waals surface area contributed by atoms with Gasteiger partial charge in [-0.15, -0.1) is 0 Å². The van der Waals surface area contributed by atoms with E-state index >= 15 is 0 Å². The van der Waals surface area contributed by atoms with Gasteiger partial charge in [0.15, 0.2) is 11.4 Å². The van der Waals surface area contributed by atoms with Crippen LogP contribution in [0.2, 0.25) is 5.02 Å². The van der Waals surface area contributed by atoms with Gasteiger partial charge in [-0.25, -0.2) is 0 Å². The minimum Gasteiger partial charge on any atom is -0.399 e. The third kappa shape index (κ3) is 3.58. The third-order valence-electron chi connectivity index (χ3n) is 5.40. The van der Waals surface area contributed by atoms with Gasteiger partial charge in [0.25, 0.3) is 5.91 Å². The first kappa shape index (κ1) is 20.1. The molecule has 0 aliphatic carbocycles. The number of halogens is 1. The fourth-order valence-corrected chi connectivity index (χ4v) is 3.90. The number of carbonyl (C=O) groups excluding carboxylic acids is 2. The van der Waals surface area contributed by atoms with Gasteiger partial charge in [0, 0.05) is 21.8 Å². The third-order valence-corrected chi connectivity index (χ3v) is 5.64. The summed E-state index contributed by atoms with van der Waals surface area (Å²) >= 11 is 6.15. The number of ketones is 1. The number of amides is 1. The lowest BCUT2D eigenvalue weighted by molar-refractivity contribution is -0.136. The Morgan fingerprint density at radius 2 is 1.73 bits per heavy atom. The fraction of sp³-hybridized carbons (Fsp3) is 0.167. The van der Waals surface area contributed by atoms with Crippen molar-refractivity contribution in [3.05, 3.63) is 94.0 Å². The van der Waals surface area contributed by atoms with Gasteiger partial charge < -0.3 is 15.7 Å². The van der Waals surface area contributed by atoms with Crippen LogP contribution in [-0.4, -0.2) is 16.8 Å². The molecule has 3 aromatic carbocycles. The molecule has 3 aromatic rings. The van der Waals surface area contributed by atoms with E-state index in [9.17, 15) is 14.7 Å². The van der Waals surface area contributed by atoms with Crippen molar-refractivity contribution in [2.45, 2.75) is 25.5 Å². The molecule has 0 radical (unpaired) electrons. The first-order chi connectivity index (χ1) is 14.3. The largest absolute Gasteiger partial charge is 0.399 e. The molecule has 1 heterocycles. The zero-order chi connectivity index (χ0) is 21.5. The van der Waals surface area contributed by atoms with Crippen LogP contribution in [-0.2, 0) is 16.9 Å². The molecular formula is C24H21ClN2O3. The maximum Gasteiger partial charge on any atom is 0.264 e. The standard InChI is InChI=1S/C24H21ClN2O3/c1-15-2-4-16(5-3-15)14-27-21-11-8-18(25)12-20(21)24(30,23(27)29)13-22(28)17-6-9-19(26)10-7-17/h2-12,30H,13-14,26H2,1H3. The molecule has 3 N–H and O–H groups in total. The maximum absolute atomic E-state index is 13.3. The Hall–Kier alpha value is -3.15. The molecule has 1 aliphatic rings. The minimum absolute atomic E-state index is 0.284. The molecule has 6 heteroatoms. The molecule has 1 unspecified atom stereocenters. The Morgan fingerprint density at radius 1 is 1.07 bits per heavy atom. The van der Waals surface area contributed by atoms with E-state index in [0.717, 1.165) is 11.1 Å². The summed E-state index contributed by atoms with van der Waals surface area (Å²) < 4.78 is 0. The topological polar surface area (TPSA) is 83.6 Å². The summed E-state index contributed by atoms with van der Waals surface area (Å²) in [6.45, 7) is 2.27. The number of aliphatic hydroxyl groups is 1. The summed E-state index contributed by atoms with van der Waals surface area (Å²) in [5.74, 6) is -0.891. The Labute approximate surface area is 179 Å². The van der Waals surface area contributed by atoms with Gasteiger partial charge in [0.05, 0.1) is 18.7 Å². The minimum atomic E-state index is -1.98. The Kier molecular flexibility index (Phi) is 5.10. The molecule has 1 atom stereocenters. The highest BCUT2D eigenvalue weighted by atomic mass is 35.5. The van der Waals surface area contributed by atoms with Crippen LogP contribution in [0.1, 0.15) is 33.5 Å². The van der Waals surface area contributed by atoms with Crippen molar-refractivity contribution >= 4 is 34.7 Å². The monoisotopic (exact) mass is 420 g/mol. The lowest BCUT2D eigenvalue weighted by Crippen LogP contribution is -2.41. The van der Waals surface area contributed by atoms with Crippen molar-refractivity contribution < 1.29 is 14.7 Å². The predicted molar refractivity (Wildman–Crippen MR) is 118 cm³/mol. The van der Waals surface area contributed by atoms with E-state index < -0.39 is 11.5 Å². The van der Waals surface area contributed by atoms with Crippen LogP contribution in [0.3, 0.4) is 0 Å². The van der Waals surface area contributed by atoms with Crippen LogP contribution < -0.4 is 10.6 Å². The van der Waals surface area contributed by atoms with Gasteiger partial charge in [0.1, 0.15) is 0 Å². The highest BCUT2D eigenvalue weighted by Crippen LogP contribution is 2.44. The molecule has 0 spiro atoms. The van der Waals surface area contributed by atoms with E-state index in [0.29, 0.717) is 27.5 Å². The number of nitrogens with two attached hydrogens (primary N) is 1. The van der Waals surface area contributed by atoms with Crippen LogP contribution >= 0.6 is 11.6 Å². The van der Waals surface area contributed by atoms with Crippen molar-refractivity contribution in [2.75, 3.05) is 10.6 Å². The number of aryl methyl sites for hydroxylation is 1. The lowest BCUT2D eigenvalue weighted by Gasteiger charge is -2.23. The number of hydrogen-bond donors (Lipinski definition) is 2. The van der Waals surface area contributed by atoms with Crippen molar-refractivity contribution in [1.29, 1.82) is 0 Å². The van der Waals surface area contributed by atoms with E-state index in [1.807, 2.05) is 31.2 Å². The number of hydrogen-bond acceptors (Lipinski definition) is 4. The maximum atomic E-state index is 13.3. The first-order valence-corrected chi connectivity index (χ1v) is 9.94. The second kappa shape index (κ2) is 7.59. The van der Waals surface area contributed by atoms with E-state index in [4.69, 9.17) is 17.3 Å². The lowest BCUT2D eigenvalue weighted by atomic mass is 9.88. The van der Waals surface area contributed by atoms with Crippen molar-refractivity contribution in [3.63, 3.8) is 0 Å². The number of anilines is 2. The van der Waals surface area contributed by atoms with Gasteiger partial charge in [0.2, 0.25) is 0 Å². The summed E-state index contributed by atoms with van der Waals surface area (Å²) in [4.78, 5) is 27.7. The molecule has 5 nitrogen and oxygen atoms in total. The first-order valence-electron chi connectivity index (χ1n) is 9.56. The number of nitrogens with zero attached hydrogens (tertiary/aromatic N) is 1. The Balaban J connectivity index is 1.70. The summed E-state index contributed by atoms with van der Waals surface area (Å²) in [7, 11) is 0. The van der Waals surface area contributed by atoms with Crippen LogP contribution in [0, 0.1) is 6.92 Å². The van der Waals surface area contributed by atoms with E-state index in [1.165, 1.54) is 4.90 Å². The molecule has 152 valence electrons. The quantitative estimate of drug-likeness (QED) is 0.477. The van der Waals surface area contributed by atoms with Gasteiger partial charge >= 0.3 is 0 Å². The van der Waals surface area contributed by atoms with Gasteiger partial charge in [-0.2, -0.15) is 0 Å². The molecule has 4 rings (SSSR count). The zero-order valence-electron chi connectivity index (χ0n) is 16.4. The molecule has 30 heavy (non-hydrogen) atoms. The number of Topliss-reactive ketones (excluding diaryl/α,β-unsaturated/α-hetero) is 1. The van der Waals surface area contributed by atoms with Gasteiger partial charge in [-0.3, -0.25) is 9.59 Å². The predicted octanol–water partition coefficient (Wildman–Crippen LogP) is 4.24. The SMILES string of the molecule is Cc1ccc(CN2C(=O)C(O)(CC(=O)c3ccc(N)cc3)c3cc(Cl)ccc32)cc1. The Morgan fingerprint density at radius 3 is 2.40 bits per heavy atom. The van der Waals surface area contributed by atoms with Crippen molar-refractivity contribution in [1.82, 2.24) is 0 Å². The molecule has 0 aromatic heterocycles. The zero-order valence-corrected chi connectivity index (χ0v) is 17.2. The summed E-state index contributed by atoms with van der Waals surface area (Å²) in [6.07, 6.45) is -0.381. The van der Waals surface area contributed by atoms with Crippen LogP contribution in [0.25, 0.3) is 0 Å². The average Bonchev–Trinajstić information content (AvgIpc) is 2.91. The van der Waals surface area contributed by atoms with Crippen LogP contribution in [0.15, 0.2) is 66.7 Å². The molecule has 0 fully saturated rings.